The average Bonchev–Trinajstić information content (AvgIpc) is 2.40. The number of hydrogen-bond donors (Lipinski definition) is 1. The molecular formula is C16H17ClO. The molecule has 2 aromatic rings. The molecule has 2 heteroatoms. The first kappa shape index (κ1) is 13.1. The van der Waals surface area contributed by atoms with E-state index < -0.39 is 6.10 Å². The Bertz CT molecular complexity index is 508. The van der Waals surface area contributed by atoms with Crippen LogP contribution in [0.25, 0.3) is 0 Å². The van der Waals surface area contributed by atoms with E-state index >= 15 is 0 Å². The van der Waals surface area contributed by atoms with Gasteiger partial charge in [-0.1, -0.05) is 54.1 Å². The normalized spacial score (nSPS) is 12.4. The quantitative estimate of drug-likeness (QED) is 0.868. The largest absolute Gasteiger partial charge is 0.388 e. The molecule has 0 radical (unpaired) electrons. The van der Waals surface area contributed by atoms with Crippen LogP contribution in [0.5, 0.6) is 0 Å². The summed E-state index contributed by atoms with van der Waals surface area (Å²) in [6.07, 6.45) is 1.13. The highest BCUT2D eigenvalue weighted by Gasteiger charge is 2.11. The molecule has 1 unspecified atom stereocenters. The number of aliphatic hydroxyl groups is 1. The molecule has 0 aliphatic heterocycles. The molecule has 0 saturated heterocycles. The van der Waals surface area contributed by atoms with Crippen LogP contribution in [-0.2, 0) is 6.42 Å². The SMILES string of the molecule is Cc1c(Cl)cccc1C(O)CCc1ccccc1. The van der Waals surface area contributed by atoms with Gasteiger partial charge in [-0.2, -0.15) is 0 Å². The van der Waals surface area contributed by atoms with Gasteiger partial charge < -0.3 is 5.11 Å². The van der Waals surface area contributed by atoms with Gasteiger partial charge in [-0.25, -0.2) is 0 Å². The lowest BCUT2D eigenvalue weighted by Crippen LogP contribution is -2.02. The molecule has 0 aliphatic rings. The van der Waals surface area contributed by atoms with Crippen LogP contribution in [0.3, 0.4) is 0 Å². The highest BCUT2D eigenvalue weighted by Crippen LogP contribution is 2.26. The number of rotatable bonds is 4. The second kappa shape index (κ2) is 6.03. The van der Waals surface area contributed by atoms with E-state index in [1.165, 1.54) is 5.56 Å². The molecule has 0 saturated carbocycles. The Morgan fingerprint density at radius 1 is 1.06 bits per heavy atom. The first-order valence-corrected chi connectivity index (χ1v) is 6.53. The van der Waals surface area contributed by atoms with Crippen molar-refractivity contribution >= 4 is 11.6 Å². The van der Waals surface area contributed by atoms with Gasteiger partial charge in [-0.15, -0.1) is 0 Å². The summed E-state index contributed by atoms with van der Waals surface area (Å²) >= 11 is 6.06. The Morgan fingerprint density at radius 2 is 1.78 bits per heavy atom. The summed E-state index contributed by atoms with van der Waals surface area (Å²) in [6.45, 7) is 1.95. The second-order valence-electron chi connectivity index (χ2n) is 4.49. The van der Waals surface area contributed by atoms with Crippen molar-refractivity contribution in [3.05, 3.63) is 70.2 Å². The number of benzene rings is 2. The molecule has 0 bridgehead atoms. The van der Waals surface area contributed by atoms with E-state index in [9.17, 15) is 5.11 Å². The summed E-state index contributed by atoms with van der Waals surface area (Å²) in [5, 5.41) is 10.9. The monoisotopic (exact) mass is 260 g/mol. The van der Waals surface area contributed by atoms with Crippen LogP contribution < -0.4 is 0 Å². The Morgan fingerprint density at radius 3 is 2.50 bits per heavy atom. The number of halogens is 1. The first-order chi connectivity index (χ1) is 8.68. The fraction of sp³-hybridized carbons (Fsp3) is 0.250. The first-order valence-electron chi connectivity index (χ1n) is 6.15. The van der Waals surface area contributed by atoms with E-state index in [4.69, 9.17) is 11.6 Å². The summed E-state index contributed by atoms with van der Waals surface area (Å²) in [5.74, 6) is 0. The van der Waals surface area contributed by atoms with Crippen LogP contribution in [-0.4, -0.2) is 5.11 Å². The van der Waals surface area contributed by atoms with Crippen LogP contribution in [0.2, 0.25) is 5.02 Å². The van der Waals surface area contributed by atoms with Gasteiger partial charge >= 0.3 is 0 Å². The molecule has 1 atom stereocenters. The zero-order chi connectivity index (χ0) is 13.0. The van der Waals surface area contributed by atoms with Crippen molar-refractivity contribution in [2.45, 2.75) is 25.9 Å². The Kier molecular flexibility index (Phi) is 4.40. The lowest BCUT2D eigenvalue weighted by atomic mass is 9.98. The lowest BCUT2D eigenvalue weighted by molar-refractivity contribution is 0.167. The zero-order valence-corrected chi connectivity index (χ0v) is 11.2. The molecule has 0 amide bonds. The second-order valence-corrected chi connectivity index (χ2v) is 4.90. The summed E-state index contributed by atoms with van der Waals surface area (Å²) in [4.78, 5) is 0. The molecule has 18 heavy (non-hydrogen) atoms. The van der Waals surface area contributed by atoms with Crippen LogP contribution >= 0.6 is 11.6 Å². The van der Waals surface area contributed by atoms with Gasteiger partial charge in [0.1, 0.15) is 0 Å². The molecule has 94 valence electrons. The molecule has 1 N–H and O–H groups in total. The number of aryl methyl sites for hydroxylation is 1. The van der Waals surface area contributed by atoms with E-state index in [2.05, 4.69) is 12.1 Å². The van der Waals surface area contributed by atoms with Crippen molar-refractivity contribution in [1.82, 2.24) is 0 Å². The number of aliphatic hydroxyl groups excluding tert-OH is 1. The molecule has 0 heterocycles. The van der Waals surface area contributed by atoms with Crippen LogP contribution in [0, 0.1) is 6.92 Å². The zero-order valence-electron chi connectivity index (χ0n) is 10.4. The smallest absolute Gasteiger partial charge is 0.0796 e. The van der Waals surface area contributed by atoms with Crippen LogP contribution in [0.1, 0.15) is 29.2 Å². The Labute approximate surface area is 113 Å². The van der Waals surface area contributed by atoms with Gasteiger partial charge in [-0.3, -0.25) is 0 Å². The molecule has 0 fully saturated rings. The molecule has 0 aliphatic carbocycles. The topological polar surface area (TPSA) is 20.2 Å². The highest BCUT2D eigenvalue weighted by molar-refractivity contribution is 6.31. The fourth-order valence-corrected chi connectivity index (χ4v) is 2.27. The van der Waals surface area contributed by atoms with E-state index in [0.717, 1.165) is 17.5 Å². The van der Waals surface area contributed by atoms with E-state index in [-0.39, 0.29) is 0 Å². The molecule has 2 rings (SSSR count). The van der Waals surface area contributed by atoms with Crippen molar-refractivity contribution in [2.75, 3.05) is 0 Å². The molecule has 0 aromatic heterocycles. The molecule has 2 aromatic carbocycles. The number of hydrogen-bond acceptors (Lipinski definition) is 1. The predicted molar refractivity (Wildman–Crippen MR) is 75.9 cm³/mol. The minimum Gasteiger partial charge on any atom is -0.388 e. The Hall–Kier alpha value is -1.31. The third-order valence-electron chi connectivity index (χ3n) is 3.22. The van der Waals surface area contributed by atoms with Crippen LogP contribution in [0.4, 0.5) is 0 Å². The van der Waals surface area contributed by atoms with Gasteiger partial charge in [0.15, 0.2) is 0 Å². The Balaban J connectivity index is 2.04. The summed E-state index contributed by atoms with van der Waals surface area (Å²) < 4.78 is 0. The molecular weight excluding hydrogens is 244 g/mol. The van der Waals surface area contributed by atoms with Crippen molar-refractivity contribution in [2.24, 2.45) is 0 Å². The third kappa shape index (κ3) is 3.12. The van der Waals surface area contributed by atoms with Crippen molar-refractivity contribution in [3.63, 3.8) is 0 Å². The van der Waals surface area contributed by atoms with Crippen molar-refractivity contribution < 1.29 is 5.11 Å². The standard InChI is InChI=1S/C16H17ClO/c1-12-14(8-5-9-15(12)17)16(18)11-10-13-6-3-2-4-7-13/h2-9,16,18H,10-11H2,1H3. The van der Waals surface area contributed by atoms with E-state index in [1.54, 1.807) is 0 Å². The van der Waals surface area contributed by atoms with Gasteiger partial charge in [0.25, 0.3) is 0 Å². The van der Waals surface area contributed by atoms with Crippen molar-refractivity contribution in [3.8, 4) is 0 Å². The summed E-state index contributed by atoms with van der Waals surface area (Å²) in [6, 6.07) is 15.9. The third-order valence-corrected chi connectivity index (χ3v) is 3.63. The molecule has 1 nitrogen and oxygen atoms in total. The predicted octanol–water partition coefficient (Wildman–Crippen LogP) is 4.31. The average molecular weight is 261 g/mol. The van der Waals surface area contributed by atoms with Crippen molar-refractivity contribution in [1.29, 1.82) is 0 Å². The van der Waals surface area contributed by atoms with Crippen LogP contribution in [0.15, 0.2) is 48.5 Å². The van der Waals surface area contributed by atoms with Gasteiger partial charge in [0.2, 0.25) is 0 Å². The maximum absolute atomic E-state index is 10.2. The molecule has 0 spiro atoms. The highest BCUT2D eigenvalue weighted by atomic mass is 35.5. The minimum atomic E-state index is -0.455. The van der Waals surface area contributed by atoms with Gasteiger partial charge in [0.05, 0.1) is 6.10 Å². The maximum Gasteiger partial charge on any atom is 0.0796 e. The van der Waals surface area contributed by atoms with E-state index in [1.807, 2.05) is 43.3 Å². The maximum atomic E-state index is 10.2. The summed E-state index contributed by atoms with van der Waals surface area (Å²) in [5.41, 5.74) is 3.15. The van der Waals surface area contributed by atoms with Gasteiger partial charge in [0, 0.05) is 5.02 Å². The summed E-state index contributed by atoms with van der Waals surface area (Å²) in [7, 11) is 0. The fourth-order valence-electron chi connectivity index (χ4n) is 2.09. The minimum absolute atomic E-state index is 0.455. The van der Waals surface area contributed by atoms with Gasteiger partial charge in [-0.05, 0) is 42.5 Å². The van der Waals surface area contributed by atoms with E-state index in [0.29, 0.717) is 11.4 Å². The lowest BCUT2D eigenvalue weighted by Gasteiger charge is -2.14.